The number of nitrogens with zero attached hydrogens (tertiary/aromatic N) is 1. The van der Waals surface area contributed by atoms with Crippen LogP contribution in [-0.2, 0) is 14.3 Å². The molecule has 4 nitrogen and oxygen atoms in total. The van der Waals surface area contributed by atoms with E-state index in [1.165, 1.54) is 6.08 Å². The summed E-state index contributed by atoms with van der Waals surface area (Å²) in [5, 5.41) is 0. The second-order valence-electron chi connectivity index (χ2n) is 1.98. The Bertz CT molecular complexity index is 226. The van der Waals surface area contributed by atoms with Gasteiger partial charge >= 0.3 is 5.97 Å². The topological polar surface area (TPSA) is 55.7 Å². The van der Waals surface area contributed by atoms with Gasteiger partial charge in [-0.1, -0.05) is 13.0 Å². The monoisotopic (exact) mass is 169 g/mol. The van der Waals surface area contributed by atoms with Crippen molar-refractivity contribution in [2.75, 3.05) is 6.73 Å². The number of esters is 1. The molecule has 0 heterocycles. The fourth-order valence-corrected chi connectivity index (χ4v) is 0.676. The first-order valence-corrected chi connectivity index (χ1v) is 3.62. The van der Waals surface area contributed by atoms with Gasteiger partial charge in [0.15, 0.2) is 6.73 Å². The van der Waals surface area contributed by atoms with Crippen LogP contribution in [0, 0.1) is 0 Å². The lowest BCUT2D eigenvalue weighted by Gasteiger charge is -2.01. The molecular formula is C8H11NO3. The van der Waals surface area contributed by atoms with Gasteiger partial charge in [-0.25, -0.2) is 9.59 Å². The second-order valence-corrected chi connectivity index (χ2v) is 1.98. The zero-order chi connectivity index (χ0) is 9.40. The smallest absolute Gasteiger partial charge is 0.335 e. The fourth-order valence-electron chi connectivity index (χ4n) is 0.676. The van der Waals surface area contributed by atoms with Gasteiger partial charge in [0.2, 0.25) is 6.08 Å². The van der Waals surface area contributed by atoms with E-state index in [-0.39, 0.29) is 6.73 Å². The van der Waals surface area contributed by atoms with Crippen LogP contribution in [0.25, 0.3) is 0 Å². The molecule has 0 saturated heterocycles. The lowest BCUT2D eigenvalue weighted by atomic mass is 10.2. The molecule has 0 aliphatic rings. The molecule has 0 radical (unpaired) electrons. The van der Waals surface area contributed by atoms with Crippen molar-refractivity contribution < 1.29 is 14.3 Å². The van der Waals surface area contributed by atoms with Crippen molar-refractivity contribution in [2.24, 2.45) is 4.99 Å². The number of hydrogen-bond donors (Lipinski definition) is 0. The summed E-state index contributed by atoms with van der Waals surface area (Å²) in [7, 11) is 0. The molecule has 0 spiro atoms. The van der Waals surface area contributed by atoms with E-state index in [0.29, 0.717) is 12.0 Å². The number of isocyanates is 1. The first-order valence-electron chi connectivity index (χ1n) is 3.62. The maximum absolute atomic E-state index is 11.0. The Labute approximate surface area is 70.9 Å². The molecule has 0 aromatic rings. The van der Waals surface area contributed by atoms with E-state index >= 15 is 0 Å². The summed E-state index contributed by atoms with van der Waals surface area (Å²) in [5.74, 6) is -0.431. The summed E-state index contributed by atoms with van der Waals surface area (Å²) < 4.78 is 4.59. The van der Waals surface area contributed by atoms with Crippen molar-refractivity contribution >= 4 is 12.0 Å². The summed E-state index contributed by atoms with van der Waals surface area (Å²) in [6, 6.07) is 0. The average molecular weight is 169 g/mol. The maximum atomic E-state index is 11.0. The largest absolute Gasteiger partial charge is 0.438 e. The van der Waals surface area contributed by atoms with E-state index in [1.54, 1.807) is 13.0 Å². The molecule has 66 valence electrons. The summed E-state index contributed by atoms with van der Waals surface area (Å²) in [4.78, 5) is 23.7. The highest BCUT2D eigenvalue weighted by Crippen LogP contribution is 2.02. The molecule has 0 aromatic heterocycles. The van der Waals surface area contributed by atoms with Crippen molar-refractivity contribution in [3.05, 3.63) is 11.6 Å². The number of carbonyl (C=O) groups excluding carboxylic acids is 2. The number of ether oxygens (including phenoxy) is 1. The Morgan fingerprint density at radius 2 is 2.33 bits per heavy atom. The molecule has 0 unspecified atom stereocenters. The second kappa shape index (κ2) is 6.31. The molecule has 12 heavy (non-hydrogen) atoms. The van der Waals surface area contributed by atoms with E-state index < -0.39 is 5.97 Å². The van der Waals surface area contributed by atoms with Crippen LogP contribution in [0.5, 0.6) is 0 Å². The Hall–Kier alpha value is -1.41. The van der Waals surface area contributed by atoms with Crippen molar-refractivity contribution in [1.82, 2.24) is 0 Å². The van der Waals surface area contributed by atoms with Gasteiger partial charge in [-0.05, 0) is 13.3 Å². The van der Waals surface area contributed by atoms with Crippen molar-refractivity contribution in [3.8, 4) is 0 Å². The third-order valence-electron chi connectivity index (χ3n) is 1.32. The lowest BCUT2D eigenvalue weighted by Crippen LogP contribution is -2.07. The lowest BCUT2D eigenvalue weighted by molar-refractivity contribution is -0.138. The molecule has 0 amide bonds. The molecule has 0 bridgehead atoms. The molecule has 0 saturated carbocycles. The minimum absolute atomic E-state index is 0.250. The summed E-state index contributed by atoms with van der Waals surface area (Å²) >= 11 is 0. The van der Waals surface area contributed by atoms with Gasteiger partial charge in [-0.2, -0.15) is 4.99 Å². The van der Waals surface area contributed by atoms with Crippen molar-refractivity contribution in [2.45, 2.75) is 20.3 Å². The van der Waals surface area contributed by atoms with Crippen LogP contribution in [0.15, 0.2) is 16.6 Å². The molecule has 0 aromatic carbocycles. The number of allylic oxidation sites excluding steroid dienone is 1. The molecule has 0 rings (SSSR count). The van der Waals surface area contributed by atoms with Gasteiger partial charge in [0.25, 0.3) is 0 Å². The number of carbonyl (C=O) groups is 1. The van der Waals surface area contributed by atoms with E-state index in [2.05, 4.69) is 9.73 Å². The highest BCUT2D eigenvalue weighted by molar-refractivity contribution is 5.88. The van der Waals surface area contributed by atoms with Gasteiger partial charge in [0.1, 0.15) is 0 Å². The summed E-state index contributed by atoms with van der Waals surface area (Å²) in [6.45, 7) is 3.35. The first kappa shape index (κ1) is 10.6. The highest BCUT2D eigenvalue weighted by atomic mass is 16.5. The van der Waals surface area contributed by atoms with E-state index in [1.807, 2.05) is 6.92 Å². The van der Waals surface area contributed by atoms with Crippen LogP contribution < -0.4 is 0 Å². The summed E-state index contributed by atoms with van der Waals surface area (Å²) in [5.41, 5.74) is 0.580. The van der Waals surface area contributed by atoms with E-state index in [4.69, 9.17) is 0 Å². The quantitative estimate of drug-likeness (QED) is 0.275. The Morgan fingerprint density at radius 1 is 1.67 bits per heavy atom. The molecule has 0 atom stereocenters. The molecule has 0 N–H and O–H groups in total. The van der Waals surface area contributed by atoms with Gasteiger partial charge in [-0.3, -0.25) is 0 Å². The molecule has 4 heteroatoms. The Morgan fingerprint density at radius 3 is 2.75 bits per heavy atom. The third kappa shape index (κ3) is 3.68. The van der Waals surface area contributed by atoms with Crippen LogP contribution in [-0.4, -0.2) is 18.8 Å². The minimum Gasteiger partial charge on any atom is -0.438 e. The van der Waals surface area contributed by atoms with Gasteiger partial charge in [0.05, 0.1) is 0 Å². The standard InChI is InChI=1S/C8H11NO3/c1-3-7(4-2)8(11)12-6-9-5-10/h3H,4,6H2,1-2H3. The predicted octanol–water partition coefficient (Wildman–Crippen LogP) is 1.18. The average Bonchev–Trinajstić information content (AvgIpc) is 2.07. The van der Waals surface area contributed by atoms with Crippen LogP contribution >= 0.6 is 0 Å². The molecular weight excluding hydrogens is 158 g/mol. The molecule has 0 aliphatic heterocycles. The maximum Gasteiger partial charge on any atom is 0.335 e. The van der Waals surface area contributed by atoms with Gasteiger partial charge in [-0.15, -0.1) is 0 Å². The zero-order valence-electron chi connectivity index (χ0n) is 7.16. The van der Waals surface area contributed by atoms with Crippen LogP contribution in [0.4, 0.5) is 0 Å². The SMILES string of the molecule is CC=C(CC)C(=O)OCN=C=O. The Balaban J connectivity index is 3.94. The highest BCUT2D eigenvalue weighted by Gasteiger charge is 2.05. The van der Waals surface area contributed by atoms with Gasteiger partial charge in [0, 0.05) is 5.57 Å². The van der Waals surface area contributed by atoms with E-state index in [0.717, 1.165) is 0 Å². The Kier molecular flexibility index (Phi) is 5.57. The summed E-state index contributed by atoms with van der Waals surface area (Å²) in [6.07, 6.45) is 3.56. The van der Waals surface area contributed by atoms with Crippen molar-refractivity contribution in [1.29, 1.82) is 0 Å². The fraction of sp³-hybridized carbons (Fsp3) is 0.500. The van der Waals surface area contributed by atoms with E-state index in [9.17, 15) is 9.59 Å². The predicted molar refractivity (Wildman–Crippen MR) is 43.1 cm³/mol. The van der Waals surface area contributed by atoms with Crippen LogP contribution in [0.2, 0.25) is 0 Å². The number of aliphatic imine (C=N–C) groups is 1. The minimum atomic E-state index is -0.431. The molecule has 0 fully saturated rings. The number of rotatable bonds is 4. The normalized spacial score (nSPS) is 10.3. The van der Waals surface area contributed by atoms with Gasteiger partial charge < -0.3 is 4.74 Å². The molecule has 0 aliphatic carbocycles. The first-order chi connectivity index (χ1) is 5.76. The van der Waals surface area contributed by atoms with Crippen LogP contribution in [0.1, 0.15) is 20.3 Å². The number of hydrogen-bond acceptors (Lipinski definition) is 4. The third-order valence-corrected chi connectivity index (χ3v) is 1.32. The van der Waals surface area contributed by atoms with Crippen LogP contribution in [0.3, 0.4) is 0 Å². The van der Waals surface area contributed by atoms with Crippen molar-refractivity contribution in [3.63, 3.8) is 0 Å². The zero-order valence-corrected chi connectivity index (χ0v) is 7.16.